The highest BCUT2D eigenvalue weighted by Crippen LogP contribution is 2.07. The molecule has 1 amide bonds. The van der Waals surface area contributed by atoms with Gasteiger partial charge in [0.15, 0.2) is 0 Å². The molecule has 0 bridgehead atoms. The molecule has 3 nitrogen and oxygen atoms in total. The maximum atomic E-state index is 11.7. The normalized spacial score (nSPS) is 10.1. The maximum Gasteiger partial charge on any atom is 0.251 e. The van der Waals surface area contributed by atoms with Crippen molar-refractivity contribution in [1.29, 1.82) is 0 Å². The fourth-order valence-electron chi connectivity index (χ4n) is 1.40. The molecule has 1 aromatic heterocycles. The third-order valence-corrected chi connectivity index (χ3v) is 2.74. The second-order valence-corrected chi connectivity index (χ2v) is 4.50. The number of hydrogen-bond acceptors (Lipinski definition) is 2. The van der Waals surface area contributed by atoms with Crippen LogP contribution in [0.5, 0.6) is 0 Å². The number of carbonyl (C=O) groups excluding carboxylic acids is 1. The molecule has 0 spiro atoms. The maximum absolute atomic E-state index is 11.7. The molecule has 16 heavy (non-hydrogen) atoms. The average molecular weight is 285 g/mol. The molecule has 0 fully saturated rings. The summed E-state index contributed by atoms with van der Waals surface area (Å²) >= 11 is 3.24. The predicted molar refractivity (Wildman–Crippen MR) is 68.4 cm³/mol. The SMILES string of the molecule is CCCCCCNC(=O)c1ccnc(Br)c1. The van der Waals surface area contributed by atoms with Crippen molar-refractivity contribution in [2.45, 2.75) is 32.6 Å². The van der Waals surface area contributed by atoms with E-state index in [-0.39, 0.29) is 5.91 Å². The van der Waals surface area contributed by atoms with Crippen LogP contribution in [0.1, 0.15) is 43.0 Å². The monoisotopic (exact) mass is 284 g/mol. The van der Waals surface area contributed by atoms with Crippen molar-refractivity contribution in [2.75, 3.05) is 6.54 Å². The highest BCUT2D eigenvalue weighted by molar-refractivity contribution is 9.10. The first-order valence-corrected chi connectivity index (χ1v) is 6.43. The second-order valence-electron chi connectivity index (χ2n) is 3.68. The molecule has 0 aromatic carbocycles. The van der Waals surface area contributed by atoms with Gasteiger partial charge < -0.3 is 5.32 Å². The molecule has 0 radical (unpaired) electrons. The number of carbonyl (C=O) groups is 1. The van der Waals surface area contributed by atoms with Crippen LogP contribution in [0.15, 0.2) is 22.9 Å². The minimum Gasteiger partial charge on any atom is -0.352 e. The standard InChI is InChI=1S/C12H17BrN2O/c1-2-3-4-5-7-15-12(16)10-6-8-14-11(13)9-10/h6,8-9H,2-5,7H2,1H3,(H,15,16). The lowest BCUT2D eigenvalue weighted by molar-refractivity contribution is 0.0953. The molecule has 1 heterocycles. The van der Waals surface area contributed by atoms with E-state index in [1.54, 1.807) is 18.3 Å². The van der Waals surface area contributed by atoms with Gasteiger partial charge in [-0.1, -0.05) is 26.2 Å². The number of halogens is 1. The van der Waals surface area contributed by atoms with E-state index >= 15 is 0 Å². The molecule has 0 saturated heterocycles. The first-order chi connectivity index (χ1) is 7.74. The summed E-state index contributed by atoms with van der Waals surface area (Å²) < 4.78 is 0.686. The lowest BCUT2D eigenvalue weighted by Crippen LogP contribution is -2.24. The molecule has 0 aliphatic carbocycles. The summed E-state index contributed by atoms with van der Waals surface area (Å²) in [7, 11) is 0. The topological polar surface area (TPSA) is 42.0 Å². The van der Waals surface area contributed by atoms with Gasteiger partial charge in [0.25, 0.3) is 5.91 Å². The zero-order valence-electron chi connectivity index (χ0n) is 9.50. The Labute approximate surface area is 105 Å². The van der Waals surface area contributed by atoms with Gasteiger partial charge >= 0.3 is 0 Å². The van der Waals surface area contributed by atoms with Gasteiger partial charge in [0.2, 0.25) is 0 Å². The number of nitrogens with zero attached hydrogens (tertiary/aromatic N) is 1. The number of rotatable bonds is 6. The summed E-state index contributed by atoms with van der Waals surface area (Å²) in [6, 6.07) is 3.44. The van der Waals surface area contributed by atoms with Crippen molar-refractivity contribution < 1.29 is 4.79 Å². The summed E-state index contributed by atoms with van der Waals surface area (Å²) in [5.41, 5.74) is 0.650. The Morgan fingerprint density at radius 1 is 1.44 bits per heavy atom. The average Bonchev–Trinajstić information content (AvgIpc) is 2.28. The Bertz CT molecular complexity index is 342. The van der Waals surface area contributed by atoms with E-state index in [1.807, 2.05) is 0 Å². The van der Waals surface area contributed by atoms with Crippen LogP contribution in [0.3, 0.4) is 0 Å². The summed E-state index contributed by atoms with van der Waals surface area (Å²) in [5.74, 6) is -0.0281. The van der Waals surface area contributed by atoms with Crippen LogP contribution in [-0.2, 0) is 0 Å². The molecular formula is C12H17BrN2O. The van der Waals surface area contributed by atoms with Crippen LogP contribution in [0, 0.1) is 0 Å². The zero-order chi connectivity index (χ0) is 11.8. The molecular weight excluding hydrogens is 268 g/mol. The van der Waals surface area contributed by atoms with Crippen molar-refractivity contribution in [2.24, 2.45) is 0 Å². The van der Waals surface area contributed by atoms with Gasteiger partial charge in [-0.25, -0.2) is 4.98 Å². The summed E-state index contributed by atoms with van der Waals surface area (Å²) in [6.45, 7) is 2.92. The van der Waals surface area contributed by atoms with E-state index < -0.39 is 0 Å². The summed E-state index contributed by atoms with van der Waals surface area (Å²) in [5, 5.41) is 2.90. The molecule has 4 heteroatoms. The fourth-order valence-corrected chi connectivity index (χ4v) is 1.76. The highest BCUT2D eigenvalue weighted by atomic mass is 79.9. The Kier molecular flexibility index (Phi) is 6.08. The van der Waals surface area contributed by atoms with Gasteiger partial charge in [-0.2, -0.15) is 0 Å². The quantitative estimate of drug-likeness (QED) is 0.644. The molecule has 1 aromatic rings. The van der Waals surface area contributed by atoms with Gasteiger partial charge in [-0.15, -0.1) is 0 Å². The first kappa shape index (κ1) is 13.2. The van der Waals surface area contributed by atoms with Crippen LogP contribution in [0.2, 0.25) is 0 Å². The van der Waals surface area contributed by atoms with Crippen LogP contribution >= 0.6 is 15.9 Å². The van der Waals surface area contributed by atoms with Gasteiger partial charge in [0.05, 0.1) is 0 Å². The molecule has 0 saturated carbocycles. The van der Waals surface area contributed by atoms with E-state index in [0.29, 0.717) is 10.2 Å². The number of unbranched alkanes of at least 4 members (excludes halogenated alkanes) is 3. The number of nitrogens with one attached hydrogen (secondary N) is 1. The molecule has 0 aliphatic rings. The molecule has 1 N–H and O–H groups in total. The summed E-state index contributed by atoms with van der Waals surface area (Å²) in [4.78, 5) is 15.6. The van der Waals surface area contributed by atoms with Crippen molar-refractivity contribution in [3.63, 3.8) is 0 Å². The Morgan fingerprint density at radius 2 is 2.25 bits per heavy atom. The smallest absolute Gasteiger partial charge is 0.251 e. The lowest BCUT2D eigenvalue weighted by Gasteiger charge is -2.04. The predicted octanol–water partition coefficient (Wildman–Crippen LogP) is 3.15. The van der Waals surface area contributed by atoms with E-state index in [1.165, 1.54) is 19.3 Å². The van der Waals surface area contributed by atoms with Crippen LogP contribution < -0.4 is 5.32 Å². The minimum atomic E-state index is -0.0281. The molecule has 88 valence electrons. The van der Waals surface area contributed by atoms with Gasteiger partial charge in [0.1, 0.15) is 4.60 Å². The highest BCUT2D eigenvalue weighted by Gasteiger charge is 2.04. The Morgan fingerprint density at radius 3 is 2.94 bits per heavy atom. The number of amides is 1. The van der Waals surface area contributed by atoms with Crippen LogP contribution in [0.25, 0.3) is 0 Å². The van der Waals surface area contributed by atoms with Crippen LogP contribution in [0.4, 0.5) is 0 Å². The molecule has 1 rings (SSSR count). The first-order valence-electron chi connectivity index (χ1n) is 5.63. The molecule has 0 unspecified atom stereocenters. The fraction of sp³-hybridized carbons (Fsp3) is 0.500. The lowest BCUT2D eigenvalue weighted by atomic mass is 10.2. The van der Waals surface area contributed by atoms with E-state index in [4.69, 9.17) is 0 Å². The Hall–Kier alpha value is -0.900. The minimum absolute atomic E-state index is 0.0281. The third-order valence-electron chi connectivity index (χ3n) is 2.30. The van der Waals surface area contributed by atoms with E-state index in [0.717, 1.165) is 13.0 Å². The molecule has 0 aliphatic heterocycles. The largest absolute Gasteiger partial charge is 0.352 e. The summed E-state index contributed by atoms with van der Waals surface area (Å²) in [6.07, 6.45) is 6.29. The van der Waals surface area contributed by atoms with Gasteiger partial charge in [0, 0.05) is 18.3 Å². The molecule has 0 atom stereocenters. The van der Waals surface area contributed by atoms with Gasteiger partial charge in [-0.3, -0.25) is 4.79 Å². The number of aromatic nitrogens is 1. The number of hydrogen-bond donors (Lipinski definition) is 1. The zero-order valence-corrected chi connectivity index (χ0v) is 11.1. The van der Waals surface area contributed by atoms with Crippen molar-refractivity contribution >= 4 is 21.8 Å². The Balaban J connectivity index is 2.30. The van der Waals surface area contributed by atoms with Crippen molar-refractivity contribution in [1.82, 2.24) is 10.3 Å². The van der Waals surface area contributed by atoms with E-state index in [9.17, 15) is 4.79 Å². The van der Waals surface area contributed by atoms with Crippen molar-refractivity contribution in [3.05, 3.63) is 28.5 Å². The third kappa shape index (κ3) is 4.75. The van der Waals surface area contributed by atoms with E-state index in [2.05, 4.69) is 33.2 Å². The number of pyridine rings is 1. The van der Waals surface area contributed by atoms with Gasteiger partial charge in [-0.05, 0) is 34.5 Å². The second kappa shape index (κ2) is 7.39. The van der Waals surface area contributed by atoms with Crippen molar-refractivity contribution in [3.8, 4) is 0 Å². The van der Waals surface area contributed by atoms with Crippen LogP contribution in [-0.4, -0.2) is 17.4 Å².